The first kappa shape index (κ1) is 35.7. The van der Waals surface area contributed by atoms with Crippen LogP contribution in [0.2, 0.25) is 0 Å². The number of unbranched alkanes of at least 4 members (excludes halogenated alkanes) is 19. The number of rotatable bonds is 29. The molecule has 36 heavy (non-hydrogen) atoms. The van der Waals surface area contributed by atoms with Crippen molar-refractivity contribution in [2.24, 2.45) is 5.92 Å². The van der Waals surface area contributed by atoms with Crippen LogP contribution in [0.1, 0.15) is 188 Å². The lowest BCUT2D eigenvalue weighted by Gasteiger charge is -2.11. The monoisotopic (exact) mass is 509 g/mol. The lowest BCUT2D eigenvalue weighted by molar-refractivity contribution is 0.180. The second kappa shape index (κ2) is 29.2. The van der Waals surface area contributed by atoms with Gasteiger partial charge in [0.1, 0.15) is 0 Å². The van der Waals surface area contributed by atoms with Crippen LogP contribution in [0, 0.1) is 5.92 Å². The van der Waals surface area contributed by atoms with Crippen molar-refractivity contribution >= 4 is 0 Å². The van der Waals surface area contributed by atoms with Gasteiger partial charge in [0, 0.05) is 0 Å². The fraction of sp³-hybridized carbons (Fsp3) is 0.941. The third kappa shape index (κ3) is 31.7. The van der Waals surface area contributed by atoms with E-state index in [0.717, 1.165) is 18.8 Å². The van der Waals surface area contributed by atoms with Gasteiger partial charge in [0.25, 0.3) is 0 Å². The molecular weight excluding hydrogens is 440 g/mol. The molecule has 0 aromatic heterocycles. The summed E-state index contributed by atoms with van der Waals surface area (Å²) >= 11 is 0. The van der Waals surface area contributed by atoms with Crippen molar-refractivity contribution in [3.8, 4) is 0 Å². The topological polar surface area (TPSA) is 40.5 Å². The van der Waals surface area contributed by atoms with E-state index in [-0.39, 0.29) is 12.2 Å². The van der Waals surface area contributed by atoms with Crippen LogP contribution in [0.15, 0.2) is 12.2 Å². The minimum Gasteiger partial charge on any atom is -0.393 e. The van der Waals surface area contributed by atoms with Crippen LogP contribution >= 0.6 is 0 Å². The minimum absolute atomic E-state index is 0.113. The zero-order valence-electron chi connectivity index (χ0n) is 25.2. The van der Waals surface area contributed by atoms with E-state index >= 15 is 0 Å². The predicted octanol–water partition coefficient (Wildman–Crippen LogP) is 11.1. The van der Waals surface area contributed by atoms with E-state index in [0.29, 0.717) is 0 Å². The smallest absolute Gasteiger partial charge is 0.0512 e. The third-order valence-electron chi connectivity index (χ3n) is 7.80. The van der Waals surface area contributed by atoms with Gasteiger partial charge in [0.15, 0.2) is 0 Å². The molecule has 0 aromatic rings. The molecule has 2 nitrogen and oxygen atoms in total. The first-order valence-corrected chi connectivity index (χ1v) is 16.5. The van der Waals surface area contributed by atoms with Crippen LogP contribution in [-0.4, -0.2) is 22.4 Å². The normalized spacial score (nSPS) is 14.5. The standard InChI is InChI=1S/C34H68O2/c1-32(29-25-21-17-14-15-19-23-27-31-34(3)36)28-24-20-16-12-10-8-6-4-5-7-9-11-13-18-22-26-30-33(2)35/h6,8,32-36H,4-5,7,9-31H2,1-3H3/b8-6+. The van der Waals surface area contributed by atoms with Gasteiger partial charge in [0.05, 0.1) is 12.2 Å². The maximum absolute atomic E-state index is 9.27. The van der Waals surface area contributed by atoms with Gasteiger partial charge in [-0.15, -0.1) is 0 Å². The van der Waals surface area contributed by atoms with E-state index in [2.05, 4.69) is 19.1 Å². The van der Waals surface area contributed by atoms with Crippen LogP contribution in [-0.2, 0) is 0 Å². The third-order valence-corrected chi connectivity index (χ3v) is 7.80. The van der Waals surface area contributed by atoms with Crippen LogP contribution in [0.3, 0.4) is 0 Å². The molecule has 216 valence electrons. The molecule has 0 aliphatic carbocycles. The molecule has 2 heteroatoms. The van der Waals surface area contributed by atoms with Crippen molar-refractivity contribution in [1.82, 2.24) is 0 Å². The predicted molar refractivity (Wildman–Crippen MR) is 162 cm³/mol. The molecule has 0 aliphatic rings. The summed E-state index contributed by atoms with van der Waals surface area (Å²) in [5, 5.41) is 18.5. The van der Waals surface area contributed by atoms with Gasteiger partial charge in [-0.05, 0) is 58.3 Å². The number of hydrogen-bond donors (Lipinski definition) is 2. The quantitative estimate of drug-likeness (QED) is 0.0779. The summed E-state index contributed by atoms with van der Waals surface area (Å²) < 4.78 is 0. The Labute approximate surface area is 228 Å². The Balaban J connectivity index is 3.21. The number of aliphatic hydroxyl groups excluding tert-OH is 2. The van der Waals surface area contributed by atoms with E-state index in [1.165, 1.54) is 154 Å². The van der Waals surface area contributed by atoms with Crippen LogP contribution in [0.25, 0.3) is 0 Å². The van der Waals surface area contributed by atoms with Crippen molar-refractivity contribution in [2.75, 3.05) is 0 Å². The van der Waals surface area contributed by atoms with Gasteiger partial charge in [-0.2, -0.15) is 0 Å². The molecule has 0 fully saturated rings. The second-order valence-electron chi connectivity index (χ2n) is 12.1. The van der Waals surface area contributed by atoms with E-state index in [9.17, 15) is 10.2 Å². The molecule has 0 saturated carbocycles. The Morgan fingerprint density at radius 1 is 0.361 bits per heavy atom. The summed E-state index contributed by atoms with van der Waals surface area (Å²) in [4.78, 5) is 0. The maximum atomic E-state index is 9.27. The highest BCUT2D eigenvalue weighted by atomic mass is 16.3. The fourth-order valence-electron chi connectivity index (χ4n) is 5.24. The van der Waals surface area contributed by atoms with Crippen molar-refractivity contribution in [3.63, 3.8) is 0 Å². The molecular formula is C34H68O2. The molecule has 0 heterocycles. The highest BCUT2D eigenvalue weighted by molar-refractivity contribution is 4.81. The van der Waals surface area contributed by atoms with E-state index in [4.69, 9.17) is 0 Å². The van der Waals surface area contributed by atoms with Crippen LogP contribution in [0.4, 0.5) is 0 Å². The minimum atomic E-state index is -0.115. The Morgan fingerprint density at radius 3 is 0.917 bits per heavy atom. The van der Waals surface area contributed by atoms with Crippen LogP contribution < -0.4 is 0 Å². The SMILES string of the molecule is CC(O)CCCCCCCCCC/C=C/CCCCCCC(C)CCCCCCCCCCC(C)O. The van der Waals surface area contributed by atoms with Gasteiger partial charge in [-0.25, -0.2) is 0 Å². The van der Waals surface area contributed by atoms with Crippen molar-refractivity contribution in [3.05, 3.63) is 12.2 Å². The number of hydrogen-bond acceptors (Lipinski definition) is 2. The first-order chi connectivity index (χ1) is 17.5. The lowest BCUT2D eigenvalue weighted by Crippen LogP contribution is -1.98. The molecule has 2 N–H and O–H groups in total. The Bertz CT molecular complexity index is 429. The molecule has 0 bridgehead atoms. The fourth-order valence-corrected chi connectivity index (χ4v) is 5.24. The molecule has 3 atom stereocenters. The highest BCUT2D eigenvalue weighted by Crippen LogP contribution is 2.19. The molecule has 0 radical (unpaired) electrons. The number of aliphatic hydroxyl groups is 2. The van der Waals surface area contributed by atoms with Crippen molar-refractivity contribution in [1.29, 1.82) is 0 Å². The molecule has 0 rings (SSSR count). The Morgan fingerprint density at radius 2 is 0.611 bits per heavy atom. The summed E-state index contributed by atoms with van der Waals surface area (Å²) in [5.74, 6) is 0.917. The zero-order chi connectivity index (χ0) is 26.5. The van der Waals surface area contributed by atoms with Crippen molar-refractivity contribution < 1.29 is 10.2 Å². The van der Waals surface area contributed by atoms with Gasteiger partial charge < -0.3 is 10.2 Å². The summed E-state index contributed by atoms with van der Waals surface area (Å²) in [7, 11) is 0. The average Bonchev–Trinajstić information content (AvgIpc) is 2.84. The van der Waals surface area contributed by atoms with Gasteiger partial charge in [0.2, 0.25) is 0 Å². The summed E-state index contributed by atoms with van der Waals surface area (Å²) in [5.41, 5.74) is 0. The number of allylic oxidation sites excluding steroid dienone is 2. The van der Waals surface area contributed by atoms with Gasteiger partial charge in [-0.1, -0.05) is 147 Å². The molecule has 0 saturated heterocycles. The zero-order valence-corrected chi connectivity index (χ0v) is 25.2. The maximum Gasteiger partial charge on any atom is 0.0512 e. The van der Waals surface area contributed by atoms with Gasteiger partial charge >= 0.3 is 0 Å². The van der Waals surface area contributed by atoms with E-state index in [1.54, 1.807) is 0 Å². The van der Waals surface area contributed by atoms with Crippen LogP contribution in [0.5, 0.6) is 0 Å². The average molecular weight is 509 g/mol. The van der Waals surface area contributed by atoms with Crippen molar-refractivity contribution in [2.45, 2.75) is 200 Å². The summed E-state index contributed by atoms with van der Waals surface area (Å²) in [6, 6.07) is 0. The lowest BCUT2D eigenvalue weighted by atomic mass is 9.96. The second-order valence-corrected chi connectivity index (χ2v) is 12.1. The summed E-state index contributed by atoms with van der Waals surface area (Å²) in [6.07, 6.45) is 39.3. The Kier molecular flexibility index (Phi) is 28.9. The molecule has 0 spiro atoms. The van der Waals surface area contributed by atoms with E-state index < -0.39 is 0 Å². The molecule has 0 aliphatic heterocycles. The highest BCUT2D eigenvalue weighted by Gasteiger charge is 2.02. The molecule has 0 aromatic carbocycles. The summed E-state index contributed by atoms with van der Waals surface area (Å²) in [6.45, 7) is 6.26. The molecule has 0 amide bonds. The molecule has 3 unspecified atom stereocenters. The van der Waals surface area contributed by atoms with Gasteiger partial charge in [-0.3, -0.25) is 0 Å². The Hall–Kier alpha value is -0.340. The van der Waals surface area contributed by atoms with E-state index in [1.807, 2.05) is 13.8 Å². The largest absolute Gasteiger partial charge is 0.393 e. The first-order valence-electron chi connectivity index (χ1n) is 16.5.